The van der Waals surface area contributed by atoms with Gasteiger partial charge in [0.1, 0.15) is 12.2 Å². The molecule has 0 bridgehead atoms. The Bertz CT molecular complexity index is 1160. The van der Waals surface area contributed by atoms with Crippen LogP contribution in [0.3, 0.4) is 0 Å². The molecule has 0 radical (unpaired) electrons. The lowest BCUT2D eigenvalue weighted by atomic mass is 9.95. The van der Waals surface area contributed by atoms with Crippen LogP contribution < -0.4 is 0 Å². The quantitative estimate of drug-likeness (QED) is 0.578. The summed E-state index contributed by atoms with van der Waals surface area (Å²) < 4.78 is 46.6. The monoisotopic (exact) mass is 388 g/mol. The van der Waals surface area contributed by atoms with Gasteiger partial charge in [-0.25, -0.2) is 4.98 Å². The average Bonchev–Trinajstić information content (AvgIpc) is 3.38. The van der Waals surface area contributed by atoms with Crippen LogP contribution in [0.4, 0.5) is 13.2 Å². The zero-order valence-electron chi connectivity index (χ0n) is 14.6. The van der Waals surface area contributed by atoms with Crippen molar-refractivity contribution in [2.45, 2.75) is 38.4 Å². The third-order valence-corrected chi connectivity index (χ3v) is 4.97. The highest BCUT2D eigenvalue weighted by Crippen LogP contribution is 2.36. The Morgan fingerprint density at radius 3 is 2.93 bits per heavy atom. The standard InChI is InChI=1S/C18H15F3N6O/c19-18(20,21)15-11-4-1-2-6-13(11)27(25-15)9-14-24-17(26-28-14)12-8-23-16-10(12)5-3-7-22-16/h3,5,7-8H,1-2,4,6,9H2,(H,22,23). The van der Waals surface area contributed by atoms with Gasteiger partial charge in [0.25, 0.3) is 0 Å². The van der Waals surface area contributed by atoms with Crippen LogP contribution in [0.15, 0.2) is 29.0 Å². The summed E-state index contributed by atoms with van der Waals surface area (Å²) in [5.41, 5.74) is 1.51. The van der Waals surface area contributed by atoms with Crippen LogP contribution in [0.2, 0.25) is 0 Å². The Morgan fingerprint density at radius 2 is 2.07 bits per heavy atom. The maximum Gasteiger partial charge on any atom is 0.435 e. The van der Waals surface area contributed by atoms with Crippen LogP contribution >= 0.6 is 0 Å². The summed E-state index contributed by atoms with van der Waals surface area (Å²) in [4.78, 5) is 11.6. The highest BCUT2D eigenvalue weighted by molar-refractivity contribution is 5.91. The first kappa shape index (κ1) is 17.0. The smallest absolute Gasteiger partial charge is 0.345 e. The number of pyridine rings is 1. The molecule has 5 rings (SSSR count). The molecular weight excluding hydrogens is 373 g/mol. The molecule has 0 aromatic carbocycles. The molecule has 0 saturated heterocycles. The molecule has 28 heavy (non-hydrogen) atoms. The Morgan fingerprint density at radius 1 is 1.21 bits per heavy atom. The van der Waals surface area contributed by atoms with Crippen molar-refractivity contribution in [2.24, 2.45) is 0 Å². The number of alkyl halides is 3. The van der Waals surface area contributed by atoms with Gasteiger partial charge in [-0.1, -0.05) is 5.16 Å². The summed E-state index contributed by atoms with van der Waals surface area (Å²) in [5, 5.41) is 8.64. The van der Waals surface area contributed by atoms with E-state index in [1.165, 1.54) is 4.68 Å². The second kappa shape index (κ2) is 6.18. The largest absolute Gasteiger partial charge is 0.435 e. The zero-order chi connectivity index (χ0) is 19.3. The summed E-state index contributed by atoms with van der Waals surface area (Å²) in [6, 6.07) is 3.68. The van der Waals surface area contributed by atoms with Gasteiger partial charge in [0, 0.05) is 34.6 Å². The molecule has 0 aliphatic heterocycles. The molecule has 144 valence electrons. The van der Waals surface area contributed by atoms with Crippen molar-refractivity contribution < 1.29 is 17.7 Å². The number of aromatic nitrogens is 6. The Hall–Kier alpha value is -3.17. The normalized spacial score (nSPS) is 14.5. The number of halogens is 3. The van der Waals surface area contributed by atoms with E-state index in [-0.39, 0.29) is 12.4 Å². The maximum atomic E-state index is 13.3. The maximum absolute atomic E-state index is 13.3. The van der Waals surface area contributed by atoms with Crippen molar-refractivity contribution >= 4 is 11.0 Å². The molecule has 0 unspecified atom stereocenters. The Balaban J connectivity index is 1.49. The molecule has 0 atom stereocenters. The van der Waals surface area contributed by atoms with E-state index in [1.54, 1.807) is 18.5 Å². The van der Waals surface area contributed by atoms with Crippen LogP contribution in [0.5, 0.6) is 0 Å². The molecule has 10 heteroatoms. The third kappa shape index (κ3) is 2.76. The summed E-state index contributed by atoms with van der Waals surface area (Å²) >= 11 is 0. The van der Waals surface area contributed by atoms with E-state index in [0.29, 0.717) is 35.6 Å². The van der Waals surface area contributed by atoms with Gasteiger partial charge in [0.2, 0.25) is 11.7 Å². The minimum absolute atomic E-state index is 0.00597. The predicted molar refractivity (Wildman–Crippen MR) is 92.4 cm³/mol. The van der Waals surface area contributed by atoms with Crippen molar-refractivity contribution in [1.29, 1.82) is 0 Å². The number of nitrogens with one attached hydrogen (secondary N) is 1. The molecule has 4 aromatic rings. The first-order valence-electron chi connectivity index (χ1n) is 8.91. The predicted octanol–water partition coefficient (Wildman–Crippen LogP) is 3.76. The van der Waals surface area contributed by atoms with Gasteiger partial charge in [0.05, 0.1) is 0 Å². The van der Waals surface area contributed by atoms with Crippen molar-refractivity contribution in [2.75, 3.05) is 0 Å². The second-order valence-electron chi connectivity index (χ2n) is 6.75. The van der Waals surface area contributed by atoms with E-state index in [0.717, 1.165) is 23.8 Å². The molecule has 0 saturated carbocycles. The third-order valence-electron chi connectivity index (χ3n) is 4.97. The van der Waals surface area contributed by atoms with Crippen molar-refractivity contribution in [1.82, 2.24) is 29.9 Å². The highest BCUT2D eigenvalue weighted by Gasteiger charge is 2.39. The second-order valence-corrected chi connectivity index (χ2v) is 6.75. The first-order valence-corrected chi connectivity index (χ1v) is 8.91. The molecule has 1 aliphatic carbocycles. The van der Waals surface area contributed by atoms with Gasteiger partial charge < -0.3 is 9.51 Å². The number of hydrogen-bond acceptors (Lipinski definition) is 5. The van der Waals surface area contributed by atoms with E-state index in [1.807, 2.05) is 6.07 Å². The Labute approximate surface area is 156 Å². The number of hydrogen-bond donors (Lipinski definition) is 1. The summed E-state index contributed by atoms with van der Waals surface area (Å²) in [6.07, 6.45) is 1.46. The molecular formula is C18H15F3N6O. The lowest BCUT2D eigenvalue weighted by Crippen LogP contribution is -2.11. The summed E-state index contributed by atoms with van der Waals surface area (Å²) in [7, 11) is 0. The van der Waals surface area contributed by atoms with Crippen molar-refractivity contribution in [3.05, 3.63) is 47.4 Å². The average molecular weight is 388 g/mol. The minimum Gasteiger partial charge on any atom is -0.345 e. The first-order chi connectivity index (χ1) is 13.5. The number of nitrogens with zero attached hydrogens (tertiary/aromatic N) is 5. The van der Waals surface area contributed by atoms with E-state index < -0.39 is 11.9 Å². The van der Waals surface area contributed by atoms with E-state index >= 15 is 0 Å². The van der Waals surface area contributed by atoms with E-state index in [2.05, 4.69) is 25.2 Å². The lowest BCUT2D eigenvalue weighted by Gasteiger charge is -2.14. The molecule has 4 aromatic heterocycles. The van der Waals surface area contributed by atoms with Gasteiger partial charge in [-0.15, -0.1) is 0 Å². The van der Waals surface area contributed by atoms with E-state index in [9.17, 15) is 13.2 Å². The van der Waals surface area contributed by atoms with E-state index in [4.69, 9.17) is 4.52 Å². The number of rotatable bonds is 3. The van der Waals surface area contributed by atoms with Gasteiger partial charge in [-0.2, -0.15) is 23.3 Å². The van der Waals surface area contributed by atoms with Crippen LogP contribution in [-0.4, -0.2) is 29.9 Å². The number of fused-ring (bicyclic) bond motifs is 2. The van der Waals surface area contributed by atoms with Crippen LogP contribution in [0, 0.1) is 0 Å². The van der Waals surface area contributed by atoms with Gasteiger partial charge in [-0.05, 0) is 37.8 Å². The fourth-order valence-corrected chi connectivity index (χ4v) is 3.73. The van der Waals surface area contributed by atoms with Crippen molar-refractivity contribution in [3.63, 3.8) is 0 Å². The molecule has 7 nitrogen and oxygen atoms in total. The highest BCUT2D eigenvalue weighted by atomic mass is 19.4. The topological polar surface area (TPSA) is 85.4 Å². The van der Waals surface area contributed by atoms with Crippen LogP contribution in [-0.2, 0) is 25.6 Å². The minimum atomic E-state index is -4.47. The van der Waals surface area contributed by atoms with Crippen LogP contribution in [0.1, 0.15) is 35.7 Å². The van der Waals surface area contributed by atoms with Crippen molar-refractivity contribution in [3.8, 4) is 11.4 Å². The van der Waals surface area contributed by atoms with Gasteiger partial charge >= 0.3 is 6.18 Å². The number of H-pyrrole nitrogens is 1. The molecule has 1 N–H and O–H groups in total. The van der Waals surface area contributed by atoms with Crippen LogP contribution in [0.25, 0.3) is 22.4 Å². The lowest BCUT2D eigenvalue weighted by molar-refractivity contribution is -0.142. The van der Waals surface area contributed by atoms with Gasteiger partial charge in [-0.3, -0.25) is 4.68 Å². The fraction of sp³-hybridized carbons (Fsp3) is 0.333. The fourth-order valence-electron chi connectivity index (χ4n) is 3.73. The Kier molecular flexibility index (Phi) is 3.74. The molecule has 0 amide bonds. The molecule has 4 heterocycles. The molecule has 0 spiro atoms. The summed E-state index contributed by atoms with van der Waals surface area (Å²) in [6.45, 7) is 0.00597. The summed E-state index contributed by atoms with van der Waals surface area (Å²) in [5.74, 6) is 0.559. The number of aromatic amines is 1. The SMILES string of the molecule is FC(F)(F)c1nn(Cc2nc(-c3c[nH]c4ncccc34)no2)c2c1CCCC2. The zero-order valence-corrected chi connectivity index (χ0v) is 14.6. The van der Waals surface area contributed by atoms with Gasteiger partial charge in [0.15, 0.2) is 5.69 Å². The molecule has 0 fully saturated rings. The molecule has 1 aliphatic rings.